The molecule has 31 heavy (non-hydrogen) atoms. The third kappa shape index (κ3) is 5.48. The van der Waals surface area contributed by atoms with E-state index >= 15 is 0 Å². The van der Waals surface area contributed by atoms with Crippen LogP contribution in [-0.2, 0) is 16.4 Å². The standard InChI is InChI=1S/C24H21Cl2NO3S/c25-20-9-12-22(23(26)13-20)24(28)27-14-16-3-5-18(6-4-16)19-7-10-21(11-8-19)31(29,30)15-17-1-2-17/h3-13,17H,1-2,14-15H2,(H,27,28). The molecule has 0 atom stereocenters. The topological polar surface area (TPSA) is 63.2 Å². The van der Waals surface area contributed by atoms with Crippen molar-refractivity contribution in [1.82, 2.24) is 5.32 Å². The van der Waals surface area contributed by atoms with Crippen molar-refractivity contribution < 1.29 is 13.2 Å². The van der Waals surface area contributed by atoms with Crippen LogP contribution in [0.2, 0.25) is 10.0 Å². The molecule has 0 aromatic heterocycles. The smallest absolute Gasteiger partial charge is 0.253 e. The molecule has 0 heterocycles. The van der Waals surface area contributed by atoms with Gasteiger partial charge in [-0.2, -0.15) is 0 Å². The monoisotopic (exact) mass is 473 g/mol. The molecule has 0 spiro atoms. The number of hydrogen-bond acceptors (Lipinski definition) is 3. The van der Waals surface area contributed by atoms with Gasteiger partial charge in [-0.25, -0.2) is 8.42 Å². The largest absolute Gasteiger partial charge is 0.348 e. The van der Waals surface area contributed by atoms with Crippen molar-refractivity contribution in [2.75, 3.05) is 5.75 Å². The lowest BCUT2D eigenvalue weighted by Gasteiger charge is -2.09. The molecule has 1 aliphatic rings. The van der Waals surface area contributed by atoms with Gasteiger partial charge in [0.2, 0.25) is 0 Å². The number of nitrogens with one attached hydrogen (secondary N) is 1. The minimum atomic E-state index is -3.20. The lowest BCUT2D eigenvalue weighted by atomic mass is 10.0. The van der Waals surface area contributed by atoms with Gasteiger partial charge in [0, 0.05) is 11.6 Å². The second-order valence-electron chi connectivity index (χ2n) is 7.75. The van der Waals surface area contributed by atoms with Gasteiger partial charge in [-0.05, 0) is 65.8 Å². The summed E-state index contributed by atoms with van der Waals surface area (Å²) in [5.74, 6) is 0.302. The number of hydrogen-bond donors (Lipinski definition) is 1. The quantitative estimate of drug-likeness (QED) is 0.473. The molecular formula is C24H21Cl2NO3S. The highest BCUT2D eigenvalue weighted by Crippen LogP contribution is 2.32. The molecule has 1 amide bonds. The summed E-state index contributed by atoms with van der Waals surface area (Å²) in [6, 6.07) is 19.5. The molecule has 3 aromatic carbocycles. The highest BCUT2D eigenvalue weighted by atomic mass is 35.5. The summed E-state index contributed by atoms with van der Waals surface area (Å²) in [4.78, 5) is 12.7. The third-order valence-electron chi connectivity index (χ3n) is 5.28. The zero-order chi connectivity index (χ0) is 22.0. The Bertz CT molecular complexity index is 1200. The van der Waals surface area contributed by atoms with Gasteiger partial charge >= 0.3 is 0 Å². The summed E-state index contributed by atoms with van der Waals surface area (Å²) < 4.78 is 24.8. The summed E-state index contributed by atoms with van der Waals surface area (Å²) in [5, 5.41) is 3.63. The van der Waals surface area contributed by atoms with Crippen LogP contribution in [0, 0.1) is 5.92 Å². The van der Waals surface area contributed by atoms with E-state index in [1.54, 1.807) is 24.3 Å². The number of rotatable bonds is 7. The Labute approximate surface area is 192 Å². The molecule has 0 radical (unpaired) electrons. The van der Waals surface area contributed by atoms with Gasteiger partial charge in [0.25, 0.3) is 5.91 Å². The number of carbonyl (C=O) groups excluding carboxylic acids is 1. The Balaban J connectivity index is 1.39. The van der Waals surface area contributed by atoms with Crippen molar-refractivity contribution in [3.05, 3.63) is 87.9 Å². The van der Waals surface area contributed by atoms with Crippen LogP contribution in [0.5, 0.6) is 0 Å². The van der Waals surface area contributed by atoms with E-state index in [9.17, 15) is 13.2 Å². The molecule has 0 unspecified atom stereocenters. The van der Waals surface area contributed by atoms with Crippen molar-refractivity contribution in [2.24, 2.45) is 5.92 Å². The SMILES string of the molecule is O=C(NCc1ccc(-c2ccc(S(=O)(=O)CC3CC3)cc2)cc1)c1ccc(Cl)cc1Cl. The van der Waals surface area contributed by atoms with Crippen LogP contribution >= 0.6 is 23.2 Å². The maximum Gasteiger partial charge on any atom is 0.253 e. The molecule has 3 aromatic rings. The number of amides is 1. The van der Waals surface area contributed by atoms with Crippen LogP contribution in [-0.4, -0.2) is 20.1 Å². The molecule has 1 saturated carbocycles. The average Bonchev–Trinajstić information content (AvgIpc) is 3.56. The van der Waals surface area contributed by atoms with Crippen LogP contribution in [0.3, 0.4) is 0 Å². The molecule has 0 aliphatic heterocycles. The molecule has 7 heteroatoms. The minimum absolute atomic E-state index is 0.244. The fraction of sp³-hybridized carbons (Fsp3) is 0.208. The highest BCUT2D eigenvalue weighted by molar-refractivity contribution is 7.91. The molecule has 160 valence electrons. The summed E-state index contributed by atoms with van der Waals surface area (Å²) in [6.07, 6.45) is 2.02. The van der Waals surface area contributed by atoms with Crippen LogP contribution in [0.4, 0.5) is 0 Å². The van der Waals surface area contributed by atoms with Crippen molar-refractivity contribution in [3.8, 4) is 11.1 Å². The second-order valence-corrected chi connectivity index (χ2v) is 10.6. The molecule has 0 saturated heterocycles. The molecule has 1 N–H and O–H groups in total. The normalized spacial score (nSPS) is 13.7. The van der Waals surface area contributed by atoms with Gasteiger partial charge in [-0.3, -0.25) is 4.79 Å². The number of benzene rings is 3. The van der Waals surface area contributed by atoms with E-state index in [2.05, 4.69) is 5.32 Å². The Hall–Kier alpha value is -2.34. The van der Waals surface area contributed by atoms with Crippen molar-refractivity contribution in [3.63, 3.8) is 0 Å². The minimum Gasteiger partial charge on any atom is -0.348 e. The Morgan fingerprint density at radius 1 is 0.903 bits per heavy atom. The molecule has 4 nitrogen and oxygen atoms in total. The summed E-state index contributed by atoms with van der Waals surface area (Å²) in [7, 11) is -3.20. The van der Waals surface area contributed by atoms with Crippen molar-refractivity contribution in [1.29, 1.82) is 0 Å². The maximum absolute atomic E-state index is 12.4. The van der Waals surface area contributed by atoms with Crippen LogP contribution in [0.15, 0.2) is 71.6 Å². The molecule has 0 bridgehead atoms. The van der Waals surface area contributed by atoms with Gasteiger partial charge in [-0.1, -0.05) is 59.6 Å². The summed E-state index contributed by atoms with van der Waals surface area (Å²) in [5.41, 5.74) is 3.22. The zero-order valence-corrected chi connectivity index (χ0v) is 19.0. The predicted octanol–water partition coefficient (Wildman–Crippen LogP) is 5.77. The molecule has 4 rings (SSSR count). The summed E-state index contributed by atoms with van der Waals surface area (Å²) in [6.45, 7) is 0.358. The van der Waals surface area contributed by atoms with Crippen molar-refractivity contribution >= 4 is 38.9 Å². The first-order chi connectivity index (χ1) is 14.8. The van der Waals surface area contributed by atoms with Crippen molar-refractivity contribution in [2.45, 2.75) is 24.3 Å². The first-order valence-corrected chi connectivity index (χ1v) is 12.4. The lowest BCUT2D eigenvalue weighted by molar-refractivity contribution is 0.0951. The van der Waals surface area contributed by atoms with E-state index in [1.165, 1.54) is 6.07 Å². The van der Waals surface area contributed by atoms with Gasteiger partial charge in [-0.15, -0.1) is 0 Å². The lowest BCUT2D eigenvalue weighted by Crippen LogP contribution is -2.23. The maximum atomic E-state index is 12.4. The summed E-state index contributed by atoms with van der Waals surface area (Å²) >= 11 is 11.9. The fourth-order valence-corrected chi connectivity index (χ4v) is 5.50. The van der Waals surface area contributed by atoms with Gasteiger partial charge in [0.1, 0.15) is 0 Å². The Morgan fingerprint density at radius 3 is 2.10 bits per heavy atom. The van der Waals surface area contributed by atoms with E-state index in [0.29, 0.717) is 33.0 Å². The van der Waals surface area contributed by atoms with E-state index in [1.807, 2.05) is 36.4 Å². The van der Waals surface area contributed by atoms with Gasteiger partial charge in [0.05, 0.1) is 21.2 Å². The Morgan fingerprint density at radius 2 is 1.52 bits per heavy atom. The second kappa shape index (κ2) is 9.03. The average molecular weight is 474 g/mol. The van der Waals surface area contributed by atoms with Gasteiger partial charge in [0.15, 0.2) is 9.84 Å². The Kier molecular flexibility index (Phi) is 6.37. The third-order valence-corrected chi connectivity index (χ3v) is 7.73. The molecule has 1 fully saturated rings. The van der Waals surface area contributed by atoms with E-state index in [0.717, 1.165) is 29.5 Å². The molecule has 1 aliphatic carbocycles. The number of halogens is 2. The van der Waals surface area contributed by atoms with Crippen LogP contribution in [0.1, 0.15) is 28.8 Å². The number of sulfone groups is 1. The number of carbonyl (C=O) groups is 1. The van der Waals surface area contributed by atoms with E-state index in [-0.39, 0.29) is 11.7 Å². The fourth-order valence-electron chi connectivity index (χ4n) is 3.31. The first-order valence-electron chi connectivity index (χ1n) is 9.97. The first kappa shape index (κ1) is 21.9. The van der Waals surface area contributed by atoms with E-state index < -0.39 is 9.84 Å². The highest BCUT2D eigenvalue weighted by Gasteiger charge is 2.28. The van der Waals surface area contributed by atoms with Crippen LogP contribution < -0.4 is 5.32 Å². The van der Waals surface area contributed by atoms with E-state index in [4.69, 9.17) is 23.2 Å². The molecular weight excluding hydrogens is 453 g/mol. The zero-order valence-electron chi connectivity index (χ0n) is 16.6. The van der Waals surface area contributed by atoms with Crippen LogP contribution in [0.25, 0.3) is 11.1 Å². The predicted molar refractivity (Wildman–Crippen MR) is 124 cm³/mol. The van der Waals surface area contributed by atoms with Gasteiger partial charge < -0.3 is 5.32 Å².